The van der Waals surface area contributed by atoms with Crippen LogP contribution in [0.15, 0.2) is 53.4 Å². The molecule has 2 aromatic rings. The predicted octanol–water partition coefficient (Wildman–Crippen LogP) is 2.25. The number of carbonyl (C=O) groups excluding carboxylic acids is 3. The molecule has 9 nitrogen and oxygen atoms in total. The van der Waals surface area contributed by atoms with Gasteiger partial charge in [0.15, 0.2) is 6.61 Å². The van der Waals surface area contributed by atoms with Gasteiger partial charge in [0.2, 0.25) is 15.9 Å². The van der Waals surface area contributed by atoms with Crippen molar-refractivity contribution in [1.82, 2.24) is 4.31 Å². The first-order valence-electron chi connectivity index (χ1n) is 10.5. The van der Waals surface area contributed by atoms with E-state index in [0.29, 0.717) is 24.3 Å². The lowest BCUT2D eigenvalue weighted by atomic mass is 9.94. The van der Waals surface area contributed by atoms with Crippen molar-refractivity contribution in [2.45, 2.75) is 25.2 Å². The second-order valence-corrected chi connectivity index (χ2v) is 10.3. The van der Waals surface area contributed by atoms with Gasteiger partial charge in [-0.05, 0) is 60.7 Å². The molecule has 0 bridgehead atoms. The third-order valence-electron chi connectivity index (χ3n) is 5.33. The first-order valence-corrected chi connectivity index (χ1v) is 12.0. The standard InChI is InChI=1S/C23H27N3O6S/c1-15-10-16(2)13-26(12-15)33(30,31)20-5-3-4-18(11-20)23(29)32-14-21(27)25-19-8-6-17(7-9-19)22(24)28/h3-9,11,15-16H,10,12-14H2,1-2H3,(H2,24,28)(H,25,27). The number of nitrogens with two attached hydrogens (primary N) is 1. The van der Waals surface area contributed by atoms with Gasteiger partial charge in [-0.3, -0.25) is 9.59 Å². The maximum absolute atomic E-state index is 13.1. The SMILES string of the molecule is CC1CC(C)CN(S(=O)(=O)c2cccc(C(=O)OCC(=O)Nc3ccc(C(N)=O)cc3)c2)C1. The molecule has 0 aliphatic carbocycles. The summed E-state index contributed by atoms with van der Waals surface area (Å²) in [6, 6.07) is 11.5. The van der Waals surface area contributed by atoms with Crippen molar-refractivity contribution < 1.29 is 27.5 Å². The van der Waals surface area contributed by atoms with Gasteiger partial charge in [0.05, 0.1) is 10.5 Å². The van der Waals surface area contributed by atoms with E-state index in [1.807, 2.05) is 13.8 Å². The zero-order chi connectivity index (χ0) is 24.2. The van der Waals surface area contributed by atoms with Crippen LogP contribution in [0.25, 0.3) is 0 Å². The van der Waals surface area contributed by atoms with Crippen LogP contribution in [-0.4, -0.2) is 50.2 Å². The summed E-state index contributed by atoms with van der Waals surface area (Å²) in [6.45, 7) is 4.34. The number of anilines is 1. The molecule has 0 aromatic heterocycles. The van der Waals surface area contributed by atoms with E-state index in [0.717, 1.165) is 6.42 Å². The average Bonchev–Trinajstić information content (AvgIpc) is 2.77. The van der Waals surface area contributed by atoms with Gasteiger partial charge in [0.25, 0.3) is 5.91 Å². The molecule has 33 heavy (non-hydrogen) atoms. The fraction of sp³-hybridized carbons (Fsp3) is 0.348. The minimum atomic E-state index is -3.75. The highest BCUT2D eigenvalue weighted by Gasteiger charge is 2.32. The molecule has 1 aliphatic heterocycles. The van der Waals surface area contributed by atoms with Crippen molar-refractivity contribution in [3.63, 3.8) is 0 Å². The first-order chi connectivity index (χ1) is 15.6. The summed E-state index contributed by atoms with van der Waals surface area (Å²) in [7, 11) is -3.75. The number of hydrogen-bond donors (Lipinski definition) is 2. The summed E-state index contributed by atoms with van der Waals surface area (Å²) in [5.41, 5.74) is 5.90. The molecule has 10 heteroatoms. The van der Waals surface area contributed by atoms with Crippen molar-refractivity contribution >= 4 is 33.5 Å². The number of esters is 1. The number of carbonyl (C=O) groups is 3. The average molecular weight is 474 g/mol. The Hall–Kier alpha value is -3.24. The molecule has 176 valence electrons. The van der Waals surface area contributed by atoms with Crippen LogP contribution in [0.4, 0.5) is 5.69 Å². The van der Waals surface area contributed by atoms with E-state index in [4.69, 9.17) is 10.5 Å². The molecule has 1 heterocycles. The Morgan fingerprint density at radius 1 is 1.03 bits per heavy atom. The molecule has 0 spiro atoms. The number of piperidine rings is 1. The topological polar surface area (TPSA) is 136 Å². The lowest BCUT2D eigenvalue weighted by Crippen LogP contribution is -2.42. The van der Waals surface area contributed by atoms with Gasteiger partial charge in [0.1, 0.15) is 0 Å². The van der Waals surface area contributed by atoms with Crippen LogP contribution in [0.2, 0.25) is 0 Å². The molecule has 0 radical (unpaired) electrons. The van der Waals surface area contributed by atoms with Gasteiger partial charge in [-0.25, -0.2) is 13.2 Å². The molecule has 1 saturated heterocycles. The highest BCUT2D eigenvalue weighted by Crippen LogP contribution is 2.27. The predicted molar refractivity (Wildman–Crippen MR) is 122 cm³/mol. The number of benzene rings is 2. The summed E-state index contributed by atoms with van der Waals surface area (Å²) in [6.07, 6.45) is 0.968. The fourth-order valence-electron chi connectivity index (χ4n) is 3.86. The third-order valence-corrected chi connectivity index (χ3v) is 7.16. The van der Waals surface area contributed by atoms with Crippen molar-refractivity contribution in [1.29, 1.82) is 0 Å². The largest absolute Gasteiger partial charge is 0.452 e. The number of hydrogen-bond acceptors (Lipinski definition) is 6. The van der Waals surface area contributed by atoms with Crippen LogP contribution in [0.1, 0.15) is 41.0 Å². The van der Waals surface area contributed by atoms with Gasteiger partial charge in [-0.2, -0.15) is 4.31 Å². The maximum atomic E-state index is 13.1. The minimum Gasteiger partial charge on any atom is -0.452 e. The van der Waals surface area contributed by atoms with Crippen molar-refractivity contribution in [2.24, 2.45) is 17.6 Å². The van der Waals surface area contributed by atoms with Crippen LogP contribution in [-0.2, 0) is 19.6 Å². The van der Waals surface area contributed by atoms with Gasteiger partial charge in [0, 0.05) is 24.3 Å². The maximum Gasteiger partial charge on any atom is 0.338 e. The van der Waals surface area contributed by atoms with Gasteiger partial charge in [-0.15, -0.1) is 0 Å². The molecule has 2 atom stereocenters. The number of amides is 2. The molecule has 3 rings (SSSR count). The normalized spacial score (nSPS) is 19.0. The number of primary amides is 1. The number of sulfonamides is 1. The third kappa shape index (κ3) is 6.17. The van der Waals surface area contributed by atoms with Gasteiger partial charge in [-0.1, -0.05) is 19.9 Å². The highest BCUT2D eigenvalue weighted by atomic mass is 32.2. The number of nitrogens with zero attached hydrogens (tertiary/aromatic N) is 1. The Morgan fingerprint density at radius 3 is 2.27 bits per heavy atom. The Morgan fingerprint density at radius 2 is 1.67 bits per heavy atom. The quantitative estimate of drug-likeness (QED) is 0.592. The molecule has 1 fully saturated rings. The fourth-order valence-corrected chi connectivity index (χ4v) is 5.59. The lowest BCUT2D eigenvalue weighted by Gasteiger charge is -2.34. The smallest absolute Gasteiger partial charge is 0.338 e. The van der Waals surface area contributed by atoms with Gasteiger partial charge < -0.3 is 15.8 Å². The summed E-state index contributed by atoms with van der Waals surface area (Å²) in [5.74, 6) is -1.48. The molecule has 0 saturated carbocycles. The molecule has 1 aliphatic rings. The summed E-state index contributed by atoms with van der Waals surface area (Å²) in [5, 5.41) is 2.53. The van der Waals surface area contributed by atoms with Crippen molar-refractivity contribution in [3.8, 4) is 0 Å². The first kappa shape index (κ1) is 24.4. The van der Waals surface area contributed by atoms with Crippen molar-refractivity contribution in [3.05, 3.63) is 59.7 Å². The Balaban J connectivity index is 1.62. The van der Waals surface area contributed by atoms with E-state index in [1.54, 1.807) is 0 Å². The zero-order valence-corrected chi connectivity index (χ0v) is 19.3. The van der Waals surface area contributed by atoms with Crippen LogP contribution in [0.3, 0.4) is 0 Å². The summed E-state index contributed by atoms with van der Waals surface area (Å²) in [4.78, 5) is 35.6. The number of rotatable bonds is 7. The van der Waals surface area contributed by atoms with E-state index in [-0.39, 0.29) is 22.3 Å². The Bertz CT molecular complexity index is 1140. The highest BCUT2D eigenvalue weighted by molar-refractivity contribution is 7.89. The molecular formula is C23H27N3O6S. The number of nitrogens with one attached hydrogen (secondary N) is 1. The monoisotopic (exact) mass is 473 g/mol. The molecule has 2 aromatic carbocycles. The summed E-state index contributed by atoms with van der Waals surface area (Å²) >= 11 is 0. The Kier molecular flexibility index (Phi) is 7.50. The zero-order valence-electron chi connectivity index (χ0n) is 18.5. The van der Waals surface area contributed by atoms with Crippen LogP contribution >= 0.6 is 0 Å². The molecule has 2 amide bonds. The van der Waals surface area contributed by atoms with Crippen molar-refractivity contribution in [2.75, 3.05) is 25.0 Å². The second kappa shape index (κ2) is 10.1. The number of ether oxygens (including phenoxy) is 1. The molecule has 3 N–H and O–H groups in total. The molecular weight excluding hydrogens is 446 g/mol. The Labute approximate surface area is 193 Å². The van der Waals surface area contributed by atoms with Crippen LogP contribution < -0.4 is 11.1 Å². The molecule has 2 unspecified atom stereocenters. The van der Waals surface area contributed by atoms with E-state index in [2.05, 4.69) is 5.32 Å². The second-order valence-electron chi connectivity index (χ2n) is 8.36. The lowest BCUT2D eigenvalue weighted by molar-refractivity contribution is -0.119. The van der Waals surface area contributed by atoms with Crippen LogP contribution in [0, 0.1) is 11.8 Å². The minimum absolute atomic E-state index is 0.0113. The van der Waals surface area contributed by atoms with E-state index in [1.165, 1.54) is 52.8 Å². The van der Waals surface area contributed by atoms with E-state index >= 15 is 0 Å². The van der Waals surface area contributed by atoms with Crippen LogP contribution in [0.5, 0.6) is 0 Å². The summed E-state index contributed by atoms with van der Waals surface area (Å²) < 4.78 is 32.6. The van der Waals surface area contributed by atoms with Gasteiger partial charge >= 0.3 is 5.97 Å². The van der Waals surface area contributed by atoms with E-state index in [9.17, 15) is 22.8 Å². The van der Waals surface area contributed by atoms with E-state index < -0.39 is 34.4 Å².